The zero-order chi connectivity index (χ0) is 17.2. The van der Waals surface area contributed by atoms with Crippen LogP contribution in [0.15, 0.2) is 60.9 Å². The highest BCUT2D eigenvalue weighted by molar-refractivity contribution is 5.77. The number of anilines is 2. The Kier molecular flexibility index (Phi) is 3.87. The van der Waals surface area contributed by atoms with Gasteiger partial charge >= 0.3 is 0 Å². The summed E-state index contributed by atoms with van der Waals surface area (Å²) in [5.74, 6) is 2.22. The van der Waals surface area contributed by atoms with Crippen molar-refractivity contribution in [2.45, 2.75) is 13.5 Å². The standard InChI is InChI=1S/C19H17N5O/c1-13-21-16-4-2-3-5-17(16)24(13)19-11-20-10-18(23-19)22-15-8-6-14(12-25)7-9-15/h2-11,25H,12H2,1H3,(H,22,23). The van der Waals surface area contributed by atoms with Crippen molar-refractivity contribution in [1.29, 1.82) is 0 Å². The first-order valence-electron chi connectivity index (χ1n) is 7.98. The molecule has 25 heavy (non-hydrogen) atoms. The summed E-state index contributed by atoms with van der Waals surface area (Å²) < 4.78 is 1.99. The maximum absolute atomic E-state index is 9.12. The summed E-state index contributed by atoms with van der Waals surface area (Å²) >= 11 is 0. The largest absolute Gasteiger partial charge is 0.392 e. The third-order valence-electron chi connectivity index (χ3n) is 3.99. The second kappa shape index (κ2) is 6.33. The molecule has 0 saturated heterocycles. The molecule has 0 saturated carbocycles. The number of fused-ring (bicyclic) bond motifs is 1. The molecule has 2 heterocycles. The monoisotopic (exact) mass is 331 g/mol. The maximum Gasteiger partial charge on any atom is 0.159 e. The zero-order valence-electron chi connectivity index (χ0n) is 13.7. The van der Waals surface area contributed by atoms with Gasteiger partial charge in [-0.2, -0.15) is 0 Å². The van der Waals surface area contributed by atoms with Crippen molar-refractivity contribution < 1.29 is 5.11 Å². The summed E-state index contributed by atoms with van der Waals surface area (Å²) in [4.78, 5) is 13.5. The fourth-order valence-electron chi connectivity index (χ4n) is 2.80. The van der Waals surface area contributed by atoms with Gasteiger partial charge in [-0.15, -0.1) is 0 Å². The van der Waals surface area contributed by atoms with Gasteiger partial charge in [-0.1, -0.05) is 24.3 Å². The molecule has 0 atom stereocenters. The molecule has 2 N–H and O–H groups in total. The molecular formula is C19H17N5O. The van der Waals surface area contributed by atoms with E-state index < -0.39 is 0 Å². The molecule has 0 radical (unpaired) electrons. The molecule has 0 amide bonds. The molecule has 0 aliphatic rings. The van der Waals surface area contributed by atoms with E-state index in [2.05, 4.69) is 20.3 Å². The minimum Gasteiger partial charge on any atom is -0.392 e. The molecule has 6 nitrogen and oxygen atoms in total. The van der Waals surface area contributed by atoms with Crippen molar-refractivity contribution >= 4 is 22.5 Å². The molecular weight excluding hydrogens is 314 g/mol. The summed E-state index contributed by atoms with van der Waals surface area (Å²) in [6.45, 7) is 1.98. The zero-order valence-corrected chi connectivity index (χ0v) is 13.7. The lowest BCUT2D eigenvalue weighted by molar-refractivity contribution is 0.282. The van der Waals surface area contributed by atoms with E-state index in [1.165, 1.54) is 0 Å². The number of rotatable bonds is 4. The summed E-state index contributed by atoms with van der Waals surface area (Å²) in [6.07, 6.45) is 3.40. The highest BCUT2D eigenvalue weighted by Crippen LogP contribution is 2.21. The first-order valence-corrected chi connectivity index (χ1v) is 7.98. The molecule has 0 aliphatic heterocycles. The van der Waals surface area contributed by atoms with E-state index in [1.807, 2.05) is 60.0 Å². The Labute approximate surface area is 144 Å². The van der Waals surface area contributed by atoms with Gasteiger partial charge < -0.3 is 10.4 Å². The van der Waals surface area contributed by atoms with Gasteiger partial charge in [-0.25, -0.2) is 9.97 Å². The number of nitrogens with one attached hydrogen (secondary N) is 1. The Balaban J connectivity index is 1.70. The van der Waals surface area contributed by atoms with Crippen LogP contribution in [0.3, 0.4) is 0 Å². The second-order valence-corrected chi connectivity index (χ2v) is 5.73. The van der Waals surface area contributed by atoms with Gasteiger partial charge in [0.25, 0.3) is 0 Å². The topological polar surface area (TPSA) is 75.9 Å². The third kappa shape index (κ3) is 2.95. The number of imidazole rings is 1. The van der Waals surface area contributed by atoms with Gasteiger partial charge in [-0.05, 0) is 36.8 Å². The van der Waals surface area contributed by atoms with Crippen LogP contribution < -0.4 is 5.32 Å². The van der Waals surface area contributed by atoms with E-state index in [-0.39, 0.29) is 6.61 Å². The van der Waals surface area contributed by atoms with Crippen LogP contribution in [0.25, 0.3) is 16.9 Å². The van der Waals surface area contributed by atoms with Crippen molar-refractivity contribution in [2.75, 3.05) is 5.32 Å². The normalized spacial score (nSPS) is 11.0. The minimum atomic E-state index is 0.0303. The molecule has 0 unspecified atom stereocenters. The number of aromatic nitrogens is 4. The highest BCUT2D eigenvalue weighted by Gasteiger charge is 2.10. The van der Waals surface area contributed by atoms with Crippen LogP contribution in [0.2, 0.25) is 0 Å². The Hall–Kier alpha value is -3.25. The number of aliphatic hydroxyl groups is 1. The van der Waals surface area contributed by atoms with Crippen molar-refractivity contribution in [3.8, 4) is 5.82 Å². The first-order chi connectivity index (χ1) is 12.2. The number of aliphatic hydroxyl groups excluding tert-OH is 1. The van der Waals surface area contributed by atoms with Gasteiger partial charge in [0.15, 0.2) is 11.6 Å². The average Bonchev–Trinajstić information content (AvgIpc) is 2.98. The fourth-order valence-corrected chi connectivity index (χ4v) is 2.80. The third-order valence-corrected chi connectivity index (χ3v) is 3.99. The predicted molar refractivity (Wildman–Crippen MR) is 97.0 cm³/mol. The molecule has 4 aromatic rings. The van der Waals surface area contributed by atoms with Gasteiger partial charge in [0, 0.05) is 5.69 Å². The Morgan fingerprint density at radius 1 is 1.00 bits per heavy atom. The van der Waals surface area contributed by atoms with Crippen LogP contribution in [0.1, 0.15) is 11.4 Å². The van der Waals surface area contributed by atoms with Crippen molar-refractivity contribution in [3.05, 3.63) is 72.3 Å². The lowest BCUT2D eigenvalue weighted by Crippen LogP contribution is -2.03. The van der Waals surface area contributed by atoms with Crippen molar-refractivity contribution in [1.82, 2.24) is 19.5 Å². The lowest BCUT2D eigenvalue weighted by Gasteiger charge is -2.09. The van der Waals surface area contributed by atoms with Gasteiger partial charge in [0.1, 0.15) is 5.82 Å². The summed E-state index contributed by atoms with van der Waals surface area (Å²) in [7, 11) is 0. The minimum absolute atomic E-state index is 0.0303. The SMILES string of the molecule is Cc1nc2ccccc2n1-c1cncc(Nc2ccc(CO)cc2)n1. The Morgan fingerprint density at radius 3 is 2.60 bits per heavy atom. The predicted octanol–water partition coefficient (Wildman–Crippen LogP) is 3.36. The van der Waals surface area contributed by atoms with E-state index in [4.69, 9.17) is 5.11 Å². The number of aryl methyl sites for hydroxylation is 1. The van der Waals surface area contributed by atoms with Gasteiger partial charge in [0.05, 0.1) is 30.0 Å². The molecule has 0 aliphatic carbocycles. The summed E-state index contributed by atoms with van der Waals surface area (Å²) in [5, 5.41) is 12.4. The fraction of sp³-hybridized carbons (Fsp3) is 0.105. The summed E-state index contributed by atoms with van der Waals surface area (Å²) in [6, 6.07) is 15.5. The molecule has 0 spiro atoms. The van der Waals surface area contributed by atoms with E-state index >= 15 is 0 Å². The number of nitrogens with zero attached hydrogens (tertiary/aromatic N) is 4. The van der Waals surface area contributed by atoms with Gasteiger partial charge in [0.2, 0.25) is 0 Å². The quantitative estimate of drug-likeness (QED) is 0.600. The highest BCUT2D eigenvalue weighted by atomic mass is 16.3. The van der Waals surface area contributed by atoms with Crippen LogP contribution in [0.4, 0.5) is 11.5 Å². The first kappa shape index (κ1) is 15.3. The molecule has 124 valence electrons. The second-order valence-electron chi connectivity index (χ2n) is 5.73. The number of benzene rings is 2. The van der Waals surface area contributed by atoms with Crippen LogP contribution >= 0.6 is 0 Å². The van der Waals surface area contributed by atoms with E-state index in [9.17, 15) is 0 Å². The number of para-hydroxylation sites is 2. The van der Waals surface area contributed by atoms with Crippen LogP contribution in [0, 0.1) is 6.92 Å². The molecule has 2 aromatic carbocycles. The Morgan fingerprint density at radius 2 is 1.80 bits per heavy atom. The van der Waals surface area contributed by atoms with Crippen molar-refractivity contribution in [2.24, 2.45) is 0 Å². The molecule has 0 fully saturated rings. The maximum atomic E-state index is 9.12. The Bertz CT molecular complexity index is 1020. The molecule has 2 aromatic heterocycles. The molecule has 4 rings (SSSR count). The van der Waals surface area contributed by atoms with E-state index in [0.717, 1.165) is 28.1 Å². The van der Waals surface area contributed by atoms with E-state index in [1.54, 1.807) is 12.4 Å². The van der Waals surface area contributed by atoms with Gasteiger partial charge in [-0.3, -0.25) is 9.55 Å². The smallest absolute Gasteiger partial charge is 0.159 e. The number of hydrogen-bond donors (Lipinski definition) is 2. The van der Waals surface area contributed by atoms with Crippen LogP contribution in [0.5, 0.6) is 0 Å². The van der Waals surface area contributed by atoms with Crippen molar-refractivity contribution in [3.63, 3.8) is 0 Å². The van der Waals surface area contributed by atoms with Crippen LogP contribution in [-0.4, -0.2) is 24.6 Å². The number of hydrogen-bond acceptors (Lipinski definition) is 5. The average molecular weight is 331 g/mol. The van der Waals surface area contributed by atoms with Crippen LogP contribution in [-0.2, 0) is 6.61 Å². The molecule has 0 bridgehead atoms. The lowest BCUT2D eigenvalue weighted by atomic mass is 10.2. The summed E-state index contributed by atoms with van der Waals surface area (Å²) in [5.41, 5.74) is 3.68. The molecule has 6 heteroatoms. The van der Waals surface area contributed by atoms with E-state index in [0.29, 0.717) is 11.6 Å².